The minimum absolute atomic E-state index is 0.0496. The molecule has 3 heterocycles. The minimum Gasteiger partial charge on any atom is -0.493 e. The van der Waals surface area contributed by atoms with E-state index in [1.807, 2.05) is 0 Å². The monoisotopic (exact) mass is 540 g/mol. The van der Waals surface area contributed by atoms with Gasteiger partial charge in [-0.15, -0.1) is 4.40 Å². The van der Waals surface area contributed by atoms with Crippen LogP contribution in [0.4, 0.5) is 21.8 Å². The first kappa shape index (κ1) is 26.5. The van der Waals surface area contributed by atoms with Gasteiger partial charge in [-0.3, -0.25) is 4.79 Å². The zero-order valence-corrected chi connectivity index (χ0v) is 21.8. The van der Waals surface area contributed by atoms with Crippen LogP contribution in [0.15, 0.2) is 70.8 Å². The maximum Gasteiger partial charge on any atom is 0.345 e. The quantitative estimate of drug-likeness (QED) is 0.414. The molecule has 4 rings (SSSR count). The largest absolute Gasteiger partial charge is 0.493 e. The first-order valence-electron chi connectivity index (χ1n) is 11.4. The van der Waals surface area contributed by atoms with Crippen molar-refractivity contribution in [1.29, 1.82) is 0 Å². The van der Waals surface area contributed by atoms with Crippen LogP contribution in [-0.4, -0.2) is 54.6 Å². The topological polar surface area (TPSA) is 135 Å². The second-order valence-corrected chi connectivity index (χ2v) is 9.75. The Balaban J connectivity index is 1.66. The van der Waals surface area contributed by atoms with Crippen molar-refractivity contribution in [2.45, 2.75) is 19.9 Å². The van der Waals surface area contributed by atoms with Crippen LogP contribution in [0.2, 0.25) is 0 Å². The van der Waals surface area contributed by atoms with Crippen LogP contribution >= 0.6 is 0 Å². The summed E-state index contributed by atoms with van der Waals surface area (Å²) >= 11 is 0. The molecule has 1 aliphatic rings. The molecule has 2 N–H and O–H groups in total. The second-order valence-electron chi connectivity index (χ2n) is 8.28. The number of allylic oxidation sites excluding steroid dienone is 1. The number of amides is 1. The van der Waals surface area contributed by atoms with Gasteiger partial charge in [0.2, 0.25) is 5.95 Å². The minimum atomic E-state index is -4.25. The molecule has 2 aromatic heterocycles. The number of methoxy groups -OCH3 is 2. The highest BCUT2D eigenvalue weighted by Gasteiger charge is 2.35. The Morgan fingerprint density at radius 2 is 1.61 bits per heavy atom. The lowest BCUT2D eigenvalue weighted by atomic mass is 10.1. The number of hydrogen-bond acceptors (Lipinski definition) is 8. The Kier molecular flexibility index (Phi) is 7.57. The molecule has 0 aliphatic carbocycles. The number of aromatic nitrogens is 2. The van der Waals surface area contributed by atoms with Gasteiger partial charge in [-0.05, 0) is 62.4 Å². The van der Waals surface area contributed by atoms with Gasteiger partial charge in [-0.2, -0.15) is 12.8 Å². The summed E-state index contributed by atoms with van der Waals surface area (Å²) in [5.41, 5.74) is 0.312. The number of rotatable bonds is 8. The Morgan fingerprint density at radius 1 is 0.947 bits per heavy atom. The standard InChI is InChI=1S/C25H25FN6O5S/c1-15(2)32-18(14-17(31-38(32,34)35)16-11-12-19(36-3)20(13-16)37-4)25(33)30-24-10-6-9-23(29-24)28-22-8-5-7-21(26)27-22/h5-15H,1-4H3,(H2,27,28,29,30,33). The highest BCUT2D eigenvalue weighted by Crippen LogP contribution is 2.30. The van der Waals surface area contributed by atoms with Crippen molar-refractivity contribution < 1.29 is 27.1 Å². The fraction of sp³-hybridized carbons (Fsp3) is 0.200. The van der Waals surface area contributed by atoms with Crippen molar-refractivity contribution in [3.8, 4) is 11.5 Å². The Hall–Kier alpha value is -4.52. The number of benzene rings is 1. The Morgan fingerprint density at radius 3 is 2.26 bits per heavy atom. The van der Waals surface area contributed by atoms with Crippen molar-refractivity contribution in [1.82, 2.24) is 14.3 Å². The van der Waals surface area contributed by atoms with Gasteiger partial charge in [-0.25, -0.2) is 14.3 Å². The van der Waals surface area contributed by atoms with Crippen LogP contribution in [0.5, 0.6) is 11.5 Å². The lowest BCUT2D eigenvalue weighted by Crippen LogP contribution is -2.42. The van der Waals surface area contributed by atoms with Gasteiger partial charge in [0.25, 0.3) is 5.91 Å². The van der Waals surface area contributed by atoms with Crippen LogP contribution in [-0.2, 0) is 15.0 Å². The number of pyridine rings is 2. The molecule has 1 aromatic carbocycles. The van der Waals surface area contributed by atoms with Gasteiger partial charge in [0.1, 0.15) is 23.2 Å². The number of nitrogens with zero attached hydrogens (tertiary/aromatic N) is 4. The van der Waals surface area contributed by atoms with E-state index in [-0.39, 0.29) is 23.0 Å². The van der Waals surface area contributed by atoms with E-state index in [1.54, 1.807) is 50.2 Å². The maximum absolute atomic E-state index is 13.4. The van der Waals surface area contributed by atoms with E-state index in [1.165, 1.54) is 38.5 Å². The summed E-state index contributed by atoms with van der Waals surface area (Å²) in [5.74, 6) is 0.0949. The number of nitrogens with one attached hydrogen (secondary N) is 2. The normalized spacial score (nSPS) is 14.4. The molecular weight excluding hydrogens is 515 g/mol. The third-order valence-corrected chi connectivity index (χ3v) is 6.86. The number of carbonyl (C=O) groups is 1. The molecular formula is C25H25FN6O5S. The SMILES string of the molecule is COc1ccc(C2=NS(=O)(=O)N(C(C)C)C(C(=O)Nc3cccc(Nc4cccc(F)n4)n3)=C2)cc1OC. The molecule has 3 aromatic rings. The Bertz CT molecular complexity index is 1540. The number of anilines is 3. The van der Waals surface area contributed by atoms with Crippen molar-refractivity contribution in [3.05, 3.63) is 77.9 Å². The summed E-state index contributed by atoms with van der Waals surface area (Å²) in [4.78, 5) is 21.4. The van der Waals surface area contributed by atoms with Gasteiger partial charge in [-0.1, -0.05) is 12.1 Å². The van der Waals surface area contributed by atoms with E-state index in [0.717, 1.165) is 4.31 Å². The van der Waals surface area contributed by atoms with Crippen LogP contribution in [0.25, 0.3) is 0 Å². The summed E-state index contributed by atoms with van der Waals surface area (Å²) in [6.07, 6.45) is 1.39. The number of hydrogen-bond donors (Lipinski definition) is 2. The highest BCUT2D eigenvalue weighted by molar-refractivity contribution is 7.88. The van der Waals surface area contributed by atoms with Gasteiger partial charge in [0, 0.05) is 11.6 Å². The third kappa shape index (κ3) is 5.72. The molecule has 13 heteroatoms. The Labute approximate surface area is 219 Å². The van der Waals surface area contributed by atoms with E-state index in [2.05, 4.69) is 25.0 Å². The summed E-state index contributed by atoms with van der Waals surface area (Å²) in [7, 11) is -1.31. The first-order chi connectivity index (χ1) is 18.1. The molecule has 0 unspecified atom stereocenters. The van der Waals surface area contributed by atoms with Crippen LogP contribution < -0.4 is 20.1 Å². The molecule has 1 amide bonds. The van der Waals surface area contributed by atoms with Crippen LogP contribution in [0, 0.1) is 5.95 Å². The average Bonchev–Trinajstić information content (AvgIpc) is 2.87. The molecule has 11 nitrogen and oxygen atoms in total. The van der Waals surface area contributed by atoms with Gasteiger partial charge >= 0.3 is 10.2 Å². The average molecular weight is 541 g/mol. The third-order valence-electron chi connectivity index (χ3n) is 5.32. The molecule has 198 valence electrons. The van der Waals surface area contributed by atoms with E-state index >= 15 is 0 Å². The van der Waals surface area contributed by atoms with Crippen molar-refractivity contribution in [2.75, 3.05) is 24.9 Å². The van der Waals surface area contributed by atoms with Crippen molar-refractivity contribution in [2.24, 2.45) is 4.40 Å². The predicted molar refractivity (Wildman–Crippen MR) is 140 cm³/mol. The molecule has 0 fully saturated rings. The fourth-order valence-corrected chi connectivity index (χ4v) is 5.13. The summed E-state index contributed by atoms with van der Waals surface area (Å²) in [6.45, 7) is 3.26. The summed E-state index contributed by atoms with van der Waals surface area (Å²) in [5, 5.41) is 5.48. The van der Waals surface area contributed by atoms with E-state index < -0.39 is 28.1 Å². The summed E-state index contributed by atoms with van der Waals surface area (Å²) < 4.78 is 55.1. The van der Waals surface area contributed by atoms with Crippen LogP contribution in [0.3, 0.4) is 0 Å². The summed E-state index contributed by atoms with van der Waals surface area (Å²) in [6, 6.07) is 13.2. The smallest absolute Gasteiger partial charge is 0.345 e. The lowest BCUT2D eigenvalue weighted by Gasteiger charge is -2.30. The highest BCUT2D eigenvalue weighted by atomic mass is 32.2. The number of halogens is 1. The number of ether oxygens (including phenoxy) is 2. The maximum atomic E-state index is 13.4. The molecule has 0 saturated heterocycles. The van der Waals surface area contributed by atoms with Crippen molar-refractivity contribution >= 4 is 39.3 Å². The van der Waals surface area contributed by atoms with E-state index in [0.29, 0.717) is 22.9 Å². The van der Waals surface area contributed by atoms with Crippen molar-refractivity contribution in [3.63, 3.8) is 0 Å². The first-order valence-corrected chi connectivity index (χ1v) is 12.8. The lowest BCUT2D eigenvalue weighted by molar-refractivity contribution is -0.114. The molecule has 0 atom stereocenters. The molecule has 0 radical (unpaired) electrons. The molecule has 0 bridgehead atoms. The number of carbonyl (C=O) groups excluding carboxylic acids is 1. The molecule has 38 heavy (non-hydrogen) atoms. The zero-order chi connectivity index (χ0) is 27.4. The molecule has 0 saturated carbocycles. The second kappa shape index (κ2) is 10.8. The van der Waals surface area contributed by atoms with Gasteiger partial charge < -0.3 is 20.1 Å². The molecule has 1 aliphatic heterocycles. The fourth-order valence-electron chi connectivity index (χ4n) is 3.72. The van der Waals surface area contributed by atoms with E-state index in [9.17, 15) is 17.6 Å². The zero-order valence-electron chi connectivity index (χ0n) is 21.0. The molecule has 0 spiro atoms. The predicted octanol–water partition coefficient (Wildman–Crippen LogP) is 3.66. The van der Waals surface area contributed by atoms with E-state index in [4.69, 9.17) is 9.47 Å². The van der Waals surface area contributed by atoms with Gasteiger partial charge in [0.15, 0.2) is 11.5 Å². The van der Waals surface area contributed by atoms with Gasteiger partial charge in [0.05, 0.1) is 19.9 Å². The van der Waals surface area contributed by atoms with Crippen LogP contribution in [0.1, 0.15) is 19.4 Å².